The third-order valence-corrected chi connectivity index (χ3v) is 3.67. The zero-order chi connectivity index (χ0) is 15.5. The summed E-state index contributed by atoms with van der Waals surface area (Å²) in [5, 5.41) is 3.32. The molecule has 0 radical (unpaired) electrons. The van der Waals surface area contributed by atoms with E-state index in [4.69, 9.17) is 4.74 Å². The van der Waals surface area contributed by atoms with Crippen LogP contribution in [-0.2, 0) is 4.74 Å². The smallest absolute Gasteiger partial charge is 0.410 e. The number of pyridine rings is 1. The Morgan fingerprint density at radius 2 is 2.29 bits per heavy atom. The summed E-state index contributed by atoms with van der Waals surface area (Å²) in [7, 11) is 0. The summed E-state index contributed by atoms with van der Waals surface area (Å²) in [4.78, 5) is 18.1. The summed E-state index contributed by atoms with van der Waals surface area (Å²) in [5.41, 5.74) is -0.437. The van der Waals surface area contributed by atoms with Crippen LogP contribution >= 0.6 is 15.9 Å². The van der Waals surface area contributed by atoms with E-state index in [0.29, 0.717) is 5.92 Å². The number of ether oxygens (including phenoxy) is 1. The van der Waals surface area contributed by atoms with E-state index in [1.165, 1.54) is 0 Å². The van der Waals surface area contributed by atoms with E-state index in [1.54, 1.807) is 4.90 Å². The Kier molecular flexibility index (Phi) is 5.08. The van der Waals surface area contributed by atoms with Crippen LogP contribution < -0.4 is 5.32 Å². The van der Waals surface area contributed by atoms with Gasteiger partial charge in [0.2, 0.25) is 0 Å². The van der Waals surface area contributed by atoms with Gasteiger partial charge in [-0.1, -0.05) is 6.07 Å². The summed E-state index contributed by atoms with van der Waals surface area (Å²) >= 11 is 3.35. The van der Waals surface area contributed by atoms with Gasteiger partial charge in [-0.2, -0.15) is 0 Å². The SMILES string of the molecule is CC(C)(C)OC(=O)N1CC[C@H](CNc2cccc(Br)n2)C1. The molecule has 5 nitrogen and oxygen atoms in total. The van der Waals surface area contributed by atoms with Crippen LogP contribution in [0.5, 0.6) is 0 Å². The van der Waals surface area contributed by atoms with E-state index in [-0.39, 0.29) is 6.09 Å². The summed E-state index contributed by atoms with van der Waals surface area (Å²) in [6.45, 7) is 7.96. The van der Waals surface area contributed by atoms with Crippen molar-refractivity contribution >= 4 is 27.8 Å². The Labute approximate surface area is 134 Å². The van der Waals surface area contributed by atoms with Crippen LogP contribution in [0.25, 0.3) is 0 Å². The number of rotatable bonds is 3. The lowest BCUT2D eigenvalue weighted by molar-refractivity contribution is 0.0289. The van der Waals surface area contributed by atoms with Crippen molar-refractivity contribution in [1.29, 1.82) is 0 Å². The standard InChI is InChI=1S/C15H22BrN3O2/c1-15(2,3)21-14(20)19-8-7-11(10-19)9-17-13-6-4-5-12(16)18-13/h4-6,11H,7-10H2,1-3H3,(H,17,18)/t11-/m1/s1. The molecule has 0 unspecified atom stereocenters. The quantitative estimate of drug-likeness (QED) is 0.842. The minimum atomic E-state index is -0.437. The van der Waals surface area contributed by atoms with E-state index in [2.05, 4.69) is 26.2 Å². The van der Waals surface area contributed by atoms with E-state index < -0.39 is 5.60 Å². The normalized spacial score (nSPS) is 18.7. The summed E-state index contributed by atoms with van der Waals surface area (Å²) in [5.74, 6) is 1.28. The minimum absolute atomic E-state index is 0.217. The second-order valence-corrected chi connectivity index (χ2v) is 7.12. The van der Waals surface area contributed by atoms with Gasteiger partial charge in [0, 0.05) is 19.6 Å². The molecule has 1 atom stereocenters. The summed E-state index contributed by atoms with van der Waals surface area (Å²) in [6, 6.07) is 5.78. The van der Waals surface area contributed by atoms with Crippen molar-refractivity contribution in [2.45, 2.75) is 32.8 Å². The van der Waals surface area contributed by atoms with Gasteiger partial charge in [0.25, 0.3) is 0 Å². The number of hydrogen-bond acceptors (Lipinski definition) is 4. The number of anilines is 1. The Hall–Kier alpha value is -1.30. The Morgan fingerprint density at radius 1 is 1.52 bits per heavy atom. The number of nitrogens with zero attached hydrogens (tertiary/aromatic N) is 2. The number of aromatic nitrogens is 1. The highest BCUT2D eigenvalue weighted by Gasteiger charge is 2.29. The maximum absolute atomic E-state index is 12.0. The van der Waals surface area contributed by atoms with E-state index in [0.717, 1.165) is 36.5 Å². The van der Waals surface area contributed by atoms with Crippen LogP contribution in [-0.4, -0.2) is 41.2 Å². The molecular weight excluding hydrogens is 334 g/mol. The first-order valence-electron chi connectivity index (χ1n) is 7.18. The molecule has 0 bridgehead atoms. The average molecular weight is 356 g/mol. The van der Waals surface area contributed by atoms with Gasteiger partial charge < -0.3 is 15.0 Å². The molecule has 1 N–H and O–H groups in total. The van der Waals surface area contributed by atoms with E-state index in [9.17, 15) is 4.79 Å². The number of carbonyl (C=O) groups is 1. The lowest BCUT2D eigenvalue weighted by Gasteiger charge is -2.24. The van der Waals surface area contributed by atoms with Crippen molar-refractivity contribution in [3.63, 3.8) is 0 Å². The van der Waals surface area contributed by atoms with Crippen molar-refractivity contribution < 1.29 is 9.53 Å². The zero-order valence-corrected chi connectivity index (χ0v) is 14.3. The third-order valence-electron chi connectivity index (χ3n) is 3.22. The Balaban J connectivity index is 1.79. The fourth-order valence-corrected chi connectivity index (χ4v) is 2.59. The van der Waals surface area contributed by atoms with Crippen LogP contribution in [0.4, 0.5) is 10.6 Å². The average Bonchev–Trinajstić information content (AvgIpc) is 2.83. The molecule has 0 saturated carbocycles. The second kappa shape index (κ2) is 6.64. The number of carbonyl (C=O) groups excluding carboxylic acids is 1. The predicted molar refractivity (Wildman–Crippen MR) is 86.3 cm³/mol. The lowest BCUT2D eigenvalue weighted by atomic mass is 10.1. The van der Waals surface area contributed by atoms with Crippen molar-refractivity contribution in [2.24, 2.45) is 5.92 Å². The molecule has 2 rings (SSSR count). The van der Waals surface area contributed by atoms with Gasteiger partial charge in [0.05, 0.1) is 0 Å². The first-order valence-corrected chi connectivity index (χ1v) is 7.97. The van der Waals surface area contributed by atoms with E-state index in [1.807, 2.05) is 39.0 Å². The Morgan fingerprint density at radius 3 is 2.95 bits per heavy atom. The van der Waals surface area contributed by atoms with Gasteiger partial charge in [-0.05, 0) is 61.2 Å². The Bertz CT molecular complexity index is 502. The van der Waals surface area contributed by atoms with Crippen LogP contribution in [0.15, 0.2) is 22.8 Å². The third kappa shape index (κ3) is 5.19. The van der Waals surface area contributed by atoms with Crippen LogP contribution in [0.2, 0.25) is 0 Å². The number of amides is 1. The molecule has 0 aliphatic carbocycles. The minimum Gasteiger partial charge on any atom is -0.444 e. The molecule has 0 spiro atoms. The molecule has 0 aromatic carbocycles. The molecule has 1 aliphatic rings. The number of nitrogens with one attached hydrogen (secondary N) is 1. The van der Waals surface area contributed by atoms with Gasteiger partial charge in [-0.15, -0.1) is 0 Å². The van der Waals surface area contributed by atoms with Gasteiger partial charge in [0.1, 0.15) is 16.0 Å². The molecule has 1 aliphatic heterocycles. The van der Waals surface area contributed by atoms with Gasteiger partial charge in [0.15, 0.2) is 0 Å². The highest BCUT2D eigenvalue weighted by Crippen LogP contribution is 2.20. The lowest BCUT2D eigenvalue weighted by Crippen LogP contribution is -2.35. The van der Waals surface area contributed by atoms with Crippen molar-refractivity contribution in [1.82, 2.24) is 9.88 Å². The van der Waals surface area contributed by atoms with Gasteiger partial charge in [-0.3, -0.25) is 0 Å². The molecular formula is C15H22BrN3O2. The maximum atomic E-state index is 12.0. The van der Waals surface area contributed by atoms with Gasteiger partial charge >= 0.3 is 6.09 Å². The largest absolute Gasteiger partial charge is 0.444 e. The summed E-state index contributed by atoms with van der Waals surface area (Å²) < 4.78 is 6.21. The molecule has 1 fully saturated rings. The molecule has 2 heterocycles. The van der Waals surface area contributed by atoms with Crippen LogP contribution in [0, 0.1) is 5.92 Å². The van der Waals surface area contributed by atoms with Crippen molar-refractivity contribution in [3.05, 3.63) is 22.8 Å². The first kappa shape index (κ1) is 16.1. The monoisotopic (exact) mass is 355 g/mol. The van der Waals surface area contributed by atoms with E-state index >= 15 is 0 Å². The topological polar surface area (TPSA) is 54.5 Å². The first-order chi connectivity index (χ1) is 9.83. The second-order valence-electron chi connectivity index (χ2n) is 6.31. The molecule has 21 heavy (non-hydrogen) atoms. The fraction of sp³-hybridized carbons (Fsp3) is 0.600. The van der Waals surface area contributed by atoms with Crippen molar-refractivity contribution in [3.8, 4) is 0 Å². The predicted octanol–water partition coefficient (Wildman–Crippen LogP) is 3.51. The zero-order valence-electron chi connectivity index (χ0n) is 12.7. The van der Waals surface area contributed by atoms with Crippen LogP contribution in [0.1, 0.15) is 27.2 Å². The highest BCUT2D eigenvalue weighted by molar-refractivity contribution is 9.10. The van der Waals surface area contributed by atoms with Gasteiger partial charge in [-0.25, -0.2) is 9.78 Å². The number of likely N-dealkylation sites (tertiary alicyclic amines) is 1. The molecule has 1 aromatic rings. The number of hydrogen-bond donors (Lipinski definition) is 1. The summed E-state index contributed by atoms with van der Waals surface area (Å²) in [6.07, 6.45) is 0.769. The van der Waals surface area contributed by atoms with Crippen molar-refractivity contribution in [2.75, 3.05) is 25.0 Å². The molecule has 6 heteroatoms. The van der Waals surface area contributed by atoms with Crippen LogP contribution in [0.3, 0.4) is 0 Å². The maximum Gasteiger partial charge on any atom is 0.410 e. The molecule has 1 amide bonds. The highest BCUT2D eigenvalue weighted by atomic mass is 79.9. The molecule has 116 valence electrons. The fourth-order valence-electron chi connectivity index (χ4n) is 2.25. The number of halogens is 1. The molecule has 1 saturated heterocycles. The molecule has 1 aromatic heterocycles.